The fourth-order valence-corrected chi connectivity index (χ4v) is 6.97. The fraction of sp³-hybridized carbons (Fsp3) is 0.447. The van der Waals surface area contributed by atoms with Gasteiger partial charge >= 0.3 is 6.09 Å². The molecule has 0 radical (unpaired) electrons. The maximum Gasteiger partial charge on any atom is 0.410 e. The zero-order valence-corrected chi connectivity index (χ0v) is 29.4. The summed E-state index contributed by atoms with van der Waals surface area (Å²) in [5.41, 5.74) is -1.98. The molecule has 12 heteroatoms. The molecular weight excluding hydrogens is 649 g/mol. The number of methoxy groups -OCH3 is 1. The molecule has 50 heavy (non-hydrogen) atoms. The van der Waals surface area contributed by atoms with Gasteiger partial charge in [0.25, 0.3) is 0 Å². The van der Waals surface area contributed by atoms with Gasteiger partial charge in [-0.1, -0.05) is 13.0 Å². The highest BCUT2D eigenvalue weighted by Gasteiger charge is 2.45. The Morgan fingerprint density at radius 2 is 1.72 bits per heavy atom. The van der Waals surface area contributed by atoms with E-state index in [9.17, 15) is 9.90 Å². The summed E-state index contributed by atoms with van der Waals surface area (Å²) in [5, 5.41) is 11.5. The number of aromatic nitrogens is 2. The van der Waals surface area contributed by atoms with E-state index in [-0.39, 0.29) is 65.0 Å². The fourth-order valence-electron chi connectivity index (χ4n) is 6.97. The number of hydrogen-bond donors (Lipinski definition) is 1. The number of carbonyl (C=O) groups is 1. The van der Waals surface area contributed by atoms with Crippen LogP contribution in [0.2, 0.25) is 0 Å². The highest BCUT2D eigenvalue weighted by molar-refractivity contribution is 6.03. The maximum absolute atomic E-state index is 17.1. The molecule has 2 aliphatic heterocycles. The average Bonchev–Trinajstić information content (AvgIpc) is 3.31. The van der Waals surface area contributed by atoms with E-state index in [1.807, 2.05) is 25.7 Å². The summed E-state index contributed by atoms with van der Waals surface area (Å²) in [7, 11) is 1.46. The van der Waals surface area contributed by atoms with Crippen LogP contribution in [0.4, 0.5) is 23.8 Å². The molecule has 2 atom stereocenters. The number of carbonyl (C=O) groups excluding carboxylic acids is 1. The number of halogens is 3. The molecule has 2 bridgehead atoms. The molecule has 0 spiro atoms. The first-order valence-corrected chi connectivity index (χ1v) is 16.8. The Hall–Kier alpha value is -4.42. The van der Waals surface area contributed by atoms with Crippen molar-refractivity contribution in [3.8, 4) is 16.9 Å². The van der Waals surface area contributed by atoms with Crippen molar-refractivity contribution in [2.45, 2.75) is 84.1 Å². The molecule has 2 fully saturated rings. The molecule has 266 valence electrons. The van der Waals surface area contributed by atoms with E-state index in [1.54, 1.807) is 37.8 Å². The van der Waals surface area contributed by atoms with Crippen LogP contribution in [0.25, 0.3) is 38.9 Å². The molecule has 3 aromatic carbocycles. The number of hydrogen-bond acceptors (Lipinski definition) is 8. The quantitative estimate of drug-likeness (QED) is 0.187. The monoisotopic (exact) mass is 692 g/mol. The van der Waals surface area contributed by atoms with Gasteiger partial charge in [-0.25, -0.2) is 27.9 Å². The van der Waals surface area contributed by atoms with Crippen molar-refractivity contribution in [1.82, 2.24) is 14.9 Å². The molecule has 4 aromatic rings. The molecule has 2 unspecified atom stereocenters. The predicted octanol–water partition coefficient (Wildman–Crippen LogP) is 7.78. The summed E-state index contributed by atoms with van der Waals surface area (Å²) >= 11 is 0. The van der Waals surface area contributed by atoms with Gasteiger partial charge in [0.05, 0.1) is 23.2 Å². The number of nitrogens with zero attached hydrogens (tertiary/aromatic N) is 4. The lowest BCUT2D eigenvalue weighted by molar-refractivity contribution is 0.0122. The second kappa shape index (κ2) is 13.4. The molecule has 1 aromatic heterocycles. The predicted molar refractivity (Wildman–Crippen MR) is 187 cm³/mol. The normalized spacial score (nSPS) is 18.1. The van der Waals surface area contributed by atoms with Crippen LogP contribution in [0.5, 0.6) is 5.75 Å². The van der Waals surface area contributed by atoms with E-state index in [0.717, 1.165) is 12.8 Å². The number of aryl methyl sites for hydroxylation is 1. The first kappa shape index (κ1) is 35.4. The van der Waals surface area contributed by atoms with Gasteiger partial charge in [-0.2, -0.15) is 0 Å². The van der Waals surface area contributed by atoms with Crippen molar-refractivity contribution < 1.29 is 37.3 Å². The molecule has 2 saturated heterocycles. The number of fused-ring (bicyclic) bond motifs is 4. The number of benzene rings is 3. The topological polar surface area (TPSA) is 97.3 Å². The summed E-state index contributed by atoms with van der Waals surface area (Å²) in [6.45, 7) is 11.0. The third-order valence-electron chi connectivity index (χ3n) is 9.01. The first-order valence-electron chi connectivity index (χ1n) is 16.8. The van der Waals surface area contributed by atoms with Crippen LogP contribution >= 0.6 is 0 Å². The van der Waals surface area contributed by atoms with Gasteiger partial charge in [0, 0.05) is 25.6 Å². The van der Waals surface area contributed by atoms with Crippen molar-refractivity contribution in [3.05, 3.63) is 65.2 Å². The molecule has 0 aliphatic carbocycles. The largest absolute Gasteiger partial charge is 0.468 e. The van der Waals surface area contributed by atoms with Crippen LogP contribution in [-0.4, -0.2) is 76.3 Å². The summed E-state index contributed by atoms with van der Waals surface area (Å²) in [6, 6.07) is 6.87. The lowest BCUT2D eigenvalue weighted by Crippen LogP contribution is -2.57. The van der Waals surface area contributed by atoms with E-state index in [4.69, 9.17) is 19.2 Å². The molecule has 9 nitrogen and oxygen atoms in total. The molecule has 3 heterocycles. The summed E-state index contributed by atoms with van der Waals surface area (Å²) in [6.07, 6.45) is 4.36. The van der Waals surface area contributed by atoms with Crippen LogP contribution < -0.4 is 9.64 Å². The van der Waals surface area contributed by atoms with Crippen molar-refractivity contribution in [2.75, 3.05) is 31.9 Å². The van der Waals surface area contributed by atoms with Crippen molar-refractivity contribution >= 4 is 39.7 Å². The number of rotatable bonds is 8. The Morgan fingerprint density at radius 3 is 2.34 bits per heavy atom. The highest BCUT2D eigenvalue weighted by Crippen LogP contribution is 2.43. The van der Waals surface area contributed by atoms with E-state index >= 15 is 13.2 Å². The summed E-state index contributed by atoms with van der Waals surface area (Å²) in [4.78, 5) is 26.1. The summed E-state index contributed by atoms with van der Waals surface area (Å²) in [5.74, 6) is -1.62. The van der Waals surface area contributed by atoms with E-state index in [2.05, 4.69) is 4.98 Å². The van der Waals surface area contributed by atoms with Gasteiger partial charge in [0.15, 0.2) is 18.4 Å². The Balaban J connectivity index is 1.54. The van der Waals surface area contributed by atoms with Crippen LogP contribution in [-0.2, 0) is 15.9 Å². The van der Waals surface area contributed by atoms with Gasteiger partial charge in [0.2, 0.25) is 0 Å². The Bertz CT molecular complexity index is 1970. The van der Waals surface area contributed by atoms with Crippen LogP contribution in [0.3, 0.4) is 0 Å². The third kappa shape index (κ3) is 6.96. The Morgan fingerprint density at radius 1 is 1.02 bits per heavy atom. The van der Waals surface area contributed by atoms with Crippen LogP contribution in [0, 0.1) is 17.5 Å². The molecule has 1 amide bonds. The minimum absolute atomic E-state index is 0.105. The Kier molecular flexibility index (Phi) is 9.47. The lowest BCUT2D eigenvalue weighted by Gasteiger charge is -2.42. The van der Waals surface area contributed by atoms with Crippen LogP contribution in [0.15, 0.2) is 36.4 Å². The lowest BCUT2D eigenvalue weighted by atomic mass is 9.91. The first-order chi connectivity index (χ1) is 23.6. The molecule has 2 aliphatic rings. The van der Waals surface area contributed by atoms with E-state index < -0.39 is 28.7 Å². The number of ether oxygens (including phenoxy) is 3. The van der Waals surface area contributed by atoms with E-state index in [1.165, 1.54) is 37.5 Å². The standard InChI is InChI=1S/C38H43F3N4O5/c1-8-25-28(39)12-9-21-15-24(49-20-48-7)16-26(31(21)25)32-29(40)17-27-34(33(32)41)42-30(13-14-38(5,6)47)43-35(27)44-18-22-10-11-23(19-44)45(22)36(46)50-37(2,3)4/h9,12-17,22-23,47H,8,10-11,18-20H2,1-7H3/b14-13+. The number of anilines is 1. The zero-order valence-electron chi connectivity index (χ0n) is 29.4. The van der Waals surface area contributed by atoms with Gasteiger partial charge in [-0.15, -0.1) is 0 Å². The average molecular weight is 693 g/mol. The SMILES string of the molecule is CCc1c(F)ccc2cc(OCOC)cc(-c3c(F)cc4c(N5CC6CCC(C5)N6C(=O)OC(C)(C)C)nc(/C=C/C(C)(C)O)nc4c3F)c12. The van der Waals surface area contributed by atoms with Gasteiger partial charge in [-0.3, -0.25) is 4.90 Å². The number of amides is 1. The minimum Gasteiger partial charge on any atom is -0.468 e. The van der Waals surface area contributed by atoms with Crippen molar-refractivity contribution in [2.24, 2.45) is 0 Å². The second-order valence-electron chi connectivity index (χ2n) is 14.5. The van der Waals surface area contributed by atoms with E-state index in [0.29, 0.717) is 35.2 Å². The van der Waals surface area contributed by atoms with Gasteiger partial charge in [0.1, 0.15) is 34.3 Å². The smallest absolute Gasteiger partial charge is 0.410 e. The molecule has 6 rings (SSSR count). The molecular formula is C38H43F3N4O5. The summed E-state index contributed by atoms with van der Waals surface area (Å²) < 4.78 is 65.3. The highest BCUT2D eigenvalue weighted by atomic mass is 19.1. The molecule has 1 N–H and O–H groups in total. The van der Waals surface area contributed by atoms with Gasteiger partial charge < -0.3 is 24.2 Å². The Labute approximate surface area is 289 Å². The second-order valence-corrected chi connectivity index (χ2v) is 14.5. The van der Waals surface area contributed by atoms with Gasteiger partial charge in [-0.05, 0) is 112 Å². The minimum atomic E-state index is -1.22. The third-order valence-corrected chi connectivity index (χ3v) is 9.01. The van der Waals surface area contributed by atoms with Crippen molar-refractivity contribution in [3.63, 3.8) is 0 Å². The van der Waals surface area contributed by atoms with Crippen molar-refractivity contribution in [1.29, 1.82) is 0 Å². The zero-order chi connectivity index (χ0) is 36.1. The number of aliphatic hydroxyl groups is 1. The van der Waals surface area contributed by atoms with Crippen LogP contribution in [0.1, 0.15) is 65.8 Å². The maximum atomic E-state index is 17.1. The number of piperazine rings is 1. The molecule has 0 saturated carbocycles.